The quantitative estimate of drug-likeness (QED) is 0.129. The molecule has 9 heterocycles. The number of hydrogen-bond acceptors (Lipinski definition) is 4. The second kappa shape index (κ2) is 28.3. The van der Waals surface area contributed by atoms with E-state index in [4.69, 9.17) is 15.0 Å². The van der Waals surface area contributed by atoms with Crippen molar-refractivity contribution >= 4 is 76.6 Å². The molecule has 0 spiro atoms. The van der Waals surface area contributed by atoms with Crippen molar-refractivity contribution in [3.63, 3.8) is 0 Å². The summed E-state index contributed by atoms with van der Waals surface area (Å²) >= 11 is 0. The van der Waals surface area contributed by atoms with Gasteiger partial charge in [-0.3, -0.25) is 4.98 Å². The van der Waals surface area contributed by atoms with E-state index in [1.54, 1.807) is 6.20 Å². The number of nitrogens with zero attached hydrogens (tertiary/aromatic N) is 9. The Hall–Kier alpha value is -15.1. The number of hydrogen-bond donors (Lipinski definition) is 0. The van der Waals surface area contributed by atoms with Crippen LogP contribution in [-0.2, 0) is 0 Å². The van der Waals surface area contributed by atoms with Crippen LogP contribution in [0.5, 0.6) is 0 Å². The molecule has 13 aromatic carbocycles. The molecule has 0 amide bonds. The van der Waals surface area contributed by atoms with Crippen molar-refractivity contribution in [3.05, 3.63) is 419 Å². The van der Waals surface area contributed by atoms with Crippen LogP contribution >= 0.6 is 0 Å². The maximum absolute atomic E-state index is 4.95. The largest absolute Gasteiger partial charge is 0.323 e. The van der Waals surface area contributed by atoms with Crippen LogP contribution in [0.2, 0.25) is 0 Å². The Labute approximate surface area is 641 Å². The lowest BCUT2D eigenvalue weighted by molar-refractivity contribution is 1.15. The number of rotatable bonds is 11. The first kappa shape index (κ1) is 65.5. The highest BCUT2D eigenvalue weighted by atomic mass is 15.0. The Morgan fingerprint density at radius 1 is 0.207 bits per heavy atom. The second-order valence-corrected chi connectivity index (χ2v) is 27.8. The van der Waals surface area contributed by atoms with E-state index in [0.29, 0.717) is 5.82 Å². The molecule has 0 fully saturated rings. The molecule has 0 aliphatic rings. The molecule has 0 radical (unpaired) electrons. The van der Waals surface area contributed by atoms with Crippen molar-refractivity contribution in [2.24, 2.45) is 0 Å². The van der Waals surface area contributed by atoms with Gasteiger partial charge in [-0.25, -0.2) is 15.0 Å². The summed E-state index contributed by atoms with van der Waals surface area (Å²) in [6, 6.07) is 137. The van der Waals surface area contributed by atoms with Gasteiger partial charge in [0.2, 0.25) is 0 Å². The van der Waals surface area contributed by atoms with Crippen LogP contribution in [0.25, 0.3) is 183 Å². The SMILES string of the molecule is c1ccc(-c2c(-c3ccc(-n4c5ccccc5c5ccccc54)cc3)cn3ccccc23)cc1.c1ccc(-c2cc(-c3ccccn3)nc(-c3ccc(-n4c5ccccc5c5ccccc54)cc3)n2)cc1.c1ccc(-c2ccc3c(c2)c2cc(-c4ccccc4)ccc2n3-c2ccc(-c3cn4ccccc4n3)cc2)cc1. The molecule has 0 aliphatic heterocycles. The van der Waals surface area contributed by atoms with E-state index < -0.39 is 0 Å². The Bertz CT molecular complexity index is 6850. The van der Waals surface area contributed by atoms with Gasteiger partial charge in [0.05, 0.1) is 61.4 Å². The summed E-state index contributed by atoms with van der Waals surface area (Å²) in [5.41, 5.74) is 29.2. The fourth-order valence-electron chi connectivity index (χ4n) is 16.0. The minimum absolute atomic E-state index is 0.677. The summed E-state index contributed by atoms with van der Waals surface area (Å²) in [5, 5.41) is 7.57. The zero-order chi connectivity index (χ0) is 73.6. The van der Waals surface area contributed by atoms with Gasteiger partial charge in [0, 0.05) is 108 Å². The molecule has 522 valence electrons. The van der Waals surface area contributed by atoms with Gasteiger partial charge < -0.3 is 22.5 Å². The number of imidazole rings is 1. The van der Waals surface area contributed by atoms with Gasteiger partial charge in [-0.1, -0.05) is 249 Å². The minimum atomic E-state index is 0.677. The van der Waals surface area contributed by atoms with Gasteiger partial charge >= 0.3 is 0 Å². The van der Waals surface area contributed by atoms with Gasteiger partial charge in [0.15, 0.2) is 5.82 Å². The van der Waals surface area contributed by atoms with Crippen molar-refractivity contribution in [1.29, 1.82) is 0 Å². The second-order valence-electron chi connectivity index (χ2n) is 27.8. The highest BCUT2D eigenvalue weighted by Crippen LogP contribution is 2.42. The van der Waals surface area contributed by atoms with Gasteiger partial charge in [0.25, 0.3) is 0 Å². The van der Waals surface area contributed by atoms with Crippen molar-refractivity contribution in [2.75, 3.05) is 0 Å². The molecular weight excluding hydrogens is 1350 g/mol. The third-order valence-corrected chi connectivity index (χ3v) is 21.2. The molecule has 111 heavy (non-hydrogen) atoms. The summed E-state index contributed by atoms with van der Waals surface area (Å²) in [6.45, 7) is 0. The molecule has 0 bridgehead atoms. The predicted molar refractivity (Wildman–Crippen MR) is 459 cm³/mol. The van der Waals surface area contributed by atoms with Crippen molar-refractivity contribution in [1.82, 2.24) is 42.4 Å². The highest BCUT2D eigenvalue weighted by molar-refractivity contribution is 6.13. The monoisotopic (exact) mass is 1420 g/mol. The first-order chi connectivity index (χ1) is 55.0. The molecule has 0 saturated carbocycles. The maximum Gasteiger partial charge on any atom is 0.160 e. The summed E-state index contributed by atoms with van der Waals surface area (Å²) in [6.07, 6.45) is 10.3. The van der Waals surface area contributed by atoms with E-state index >= 15 is 0 Å². The fraction of sp³-hybridized carbons (Fsp3) is 0. The Morgan fingerprint density at radius 3 is 1.09 bits per heavy atom. The highest BCUT2D eigenvalue weighted by Gasteiger charge is 2.20. The summed E-state index contributed by atoms with van der Waals surface area (Å²) < 4.78 is 11.3. The Kier molecular flexibility index (Phi) is 16.7. The van der Waals surface area contributed by atoms with E-state index in [0.717, 1.165) is 56.5 Å². The van der Waals surface area contributed by atoms with Gasteiger partial charge in [-0.15, -0.1) is 0 Å². The van der Waals surface area contributed by atoms with Crippen LogP contribution in [0, 0.1) is 0 Å². The molecule has 9 nitrogen and oxygen atoms in total. The van der Waals surface area contributed by atoms with Crippen LogP contribution in [0.4, 0.5) is 0 Å². The normalized spacial score (nSPS) is 11.4. The van der Waals surface area contributed by atoms with Crippen LogP contribution in [0.3, 0.4) is 0 Å². The van der Waals surface area contributed by atoms with Crippen LogP contribution < -0.4 is 0 Å². The third-order valence-electron chi connectivity index (χ3n) is 21.2. The average molecular weight is 1420 g/mol. The molecule has 9 heteroatoms. The lowest BCUT2D eigenvalue weighted by Crippen LogP contribution is -1.98. The molecule has 0 unspecified atom stereocenters. The molecular formula is C102H69N9. The summed E-state index contributed by atoms with van der Waals surface area (Å²) in [4.78, 5) is 19.2. The molecule has 0 aliphatic carbocycles. The van der Waals surface area contributed by atoms with E-state index in [-0.39, 0.29) is 0 Å². The lowest BCUT2D eigenvalue weighted by Gasteiger charge is -2.11. The first-order valence-corrected chi connectivity index (χ1v) is 37.5. The number of benzene rings is 13. The first-order valence-electron chi connectivity index (χ1n) is 37.5. The smallest absolute Gasteiger partial charge is 0.160 e. The molecule has 0 atom stereocenters. The van der Waals surface area contributed by atoms with Crippen LogP contribution in [0.1, 0.15) is 0 Å². The van der Waals surface area contributed by atoms with Crippen LogP contribution in [0.15, 0.2) is 419 Å². The predicted octanol–water partition coefficient (Wildman–Crippen LogP) is 25.8. The number of fused-ring (bicyclic) bond motifs is 11. The third kappa shape index (κ3) is 12.2. The standard InChI is InChI=1S/C37H25N3.C33H22N4.C32H22N2/c1-3-9-26(10-4-1)29-16-20-35-32(23-29)33-24-30(27-11-5-2-6-12-27)17-21-36(33)40(35)31-18-14-28(15-19-31)34-25-39-22-8-7-13-37(39)38-34;1-2-10-23(11-3-1)29-22-30(28-14-8-9-21-34-28)36-33(35-29)24-17-19-25(20-18-24)37-31-15-6-4-12-26(31)27-13-5-7-16-32(27)37;1-2-10-24(11-3-1)32-28(22-33-21-9-8-16-31(32)33)23-17-19-25(20-18-23)34-29-14-6-4-12-26(29)27-13-5-7-15-30(27)34/h1-25H;1-22H;1-22H. The van der Waals surface area contributed by atoms with Gasteiger partial charge in [-0.2, -0.15) is 0 Å². The topological polar surface area (TPSA) is 75.2 Å². The van der Waals surface area contributed by atoms with Gasteiger partial charge in [0.1, 0.15) is 5.65 Å². The fourth-order valence-corrected chi connectivity index (χ4v) is 16.0. The zero-order valence-electron chi connectivity index (χ0n) is 60.4. The minimum Gasteiger partial charge on any atom is -0.323 e. The molecule has 9 aromatic heterocycles. The molecule has 22 aromatic rings. The van der Waals surface area contributed by atoms with Crippen molar-refractivity contribution in [2.45, 2.75) is 0 Å². The lowest BCUT2D eigenvalue weighted by atomic mass is 9.97. The van der Waals surface area contributed by atoms with E-state index in [9.17, 15) is 0 Å². The molecule has 0 N–H and O–H groups in total. The Morgan fingerprint density at radius 2 is 0.595 bits per heavy atom. The zero-order valence-corrected chi connectivity index (χ0v) is 60.4. The van der Waals surface area contributed by atoms with Crippen LogP contribution in [-0.4, -0.2) is 42.4 Å². The summed E-state index contributed by atoms with van der Waals surface area (Å²) in [7, 11) is 0. The van der Waals surface area contributed by atoms with Crippen molar-refractivity contribution < 1.29 is 0 Å². The maximum atomic E-state index is 4.95. The number of aromatic nitrogens is 9. The van der Waals surface area contributed by atoms with E-state index in [2.05, 4.69) is 374 Å². The van der Waals surface area contributed by atoms with Crippen molar-refractivity contribution in [3.8, 4) is 107 Å². The number of pyridine rings is 3. The number of para-hydroxylation sites is 4. The Balaban J connectivity index is 0.000000109. The van der Waals surface area contributed by atoms with E-state index in [1.165, 1.54) is 121 Å². The average Bonchev–Trinajstić information content (AvgIpc) is 1.62. The molecule has 0 saturated heterocycles. The van der Waals surface area contributed by atoms with E-state index in [1.807, 2.05) is 66.9 Å². The molecule has 22 rings (SSSR count). The summed E-state index contributed by atoms with van der Waals surface area (Å²) in [5.74, 6) is 0.677. The van der Waals surface area contributed by atoms with Gasteiger partial charge in [-0.05, 0) is 173 Å².